The molecule has 1 nitrogen and oxygen atoms in total. The Hall–Kier alpha value is -1.83. The fraction of sp³-hybridized carbons (Fsp3) is 0.294. The monoisotopic (exact) mass is 257 g/mol. The largest absolute Gasteiger partial charge is 0.382 e. The van der Waals surface area contributed by atoms with Gasteiger partial charge in [-0.1, -0.05) is 18.2 Å². The predicted molar refractivity (Wildman–Crippen MR) is 79.1 cm³/mol. The molecule has 1 N–H and O–H groups in total. The van der Waals surface area contributed by atoms with Gasteiger partial charge in [0.15, 0.2) is 0 Å². The molecule has 0 radical (unpaired) electrons. The topological polar surface area (TPSA) is 12.0 Å². The molecule has 1 unspecified atom stereocenters. The summed E-state index contributed by atoms with van der Waals surface area (Å²) in [7, 11) is 0. The molecule has 19 heavy (non-hydrogen) atoms. The maximum Gasteiger partial charge on any atom is 0.123 e. The summed E-state index contributed by atoms with van der Waals surface area (Å²) in [5.41, 5.74) is 4.71. The van der Waals surface area contributed by atoms with Crippen LogP contribution in [0.3, 0.4) is 0 Å². The van der Waals surface area contributed by atoms with Crippen LogP contribution in [0.4, 0.5) is 10.1 Å². The molecule has 2 aromatic carbocycles. The maximum absolute atomic E-state index is 13.1. The SMILES string of the molecule is Cc1ccc(NC(C)Cc2cccc(F)c2)cc1C. The van der Waals surface area contributed by atoms with Gasteiger partial charge in [-0.15, -0.1) is 0 Å². The Kier molecular flexibility index (Phi) is 4.20. The second-order valence-corrected chi connectivity index (χ2v) is 5.18. The van der Waals surface area contributed by atoms with Crippen LogP contribution >= 0.6 is 0 Å². The second kappa shape index (κ2) is 5.87. The number of hydrogen-bond donors (Lipinski definition) is 1. The van der Waals surface area contributed by atoms with Crippen LogP contribution in [0.15, 0.2) is 42.5 Å². The minimum atomic E-state index is -0.170. The highest BCUT2D eigenvalue weighted by atomic mass is 19.1. The Morgan fingerprint density at radius 1 is 1.05 bits per heavy atom. The van der Waals surface area contributed by atoms with E-state index in [9.17, 15) is 4.39 Å². The van der Waals surface area contributed by atoms with E-state index in [0.717, 1.165) is 17.7 Å². The van der Waals surface area contributed by atoms with Gasteiger partial charge in [-0.05, 0) is 68.1 Å². The zero-order valence-corrected chi connectivity index (χ0v) is 11.7. The van der Waals surface area contributed by atoms with Crippen molar-refractivity contribution in [2.24, 2.45) is 0 Å². The molecule has 0 bridgehead atoms. The summed E-state index contributed by atoms with van der Waals surface area (Å²) in [6, 6.07) is 13.4. The highest BCUT2D eigenvalue weighted by molar-refractivity contribution is 5.48. The van der Waals surface area contributed by atoms with Gasteiger partial charge < -0.3 is 5.32 Å². The van der Waals surface area contributed by atoms with Crippen LogP contribution in [0.1, 0.15) is 23.6 Å². The van der Waals surface area contributed by atoms with Gasteiger partial charge in [0, 0.05) is 11.7 Å². The van der Waals surface area contributed by atoms with Crippen molar-refractivity contribution in [1.82, 2.24) is 0 Å². The summed E-state index contributed by atoms with van der Waals surface area (Å²) in [5.74, 6) is -0.170. The predicted octanol–water partition coefficient (Wildman–Crippen LogP) is 4.49. The fourth-order valence-electron chi connectivity index (χ4n) is 2.18. The molecule has 0 heterocycles. The first kappa shape index (κ1) is 13.6. The summed E-state index contributed by atoms with van der Waals surface area (Å²) in [5, 5.41) is 3.46. The first-order valence-corrected chi connectivity index (χ1v) is 6.63. The van der Waals surface area contributed by atoms with E-state index in [1.54, 1.807) is 12.1 Å². The molecular weight excluding hydrogens is 237 g/mol. The van der Waals surface area contributed by atoms with Crippen molar-refractivity contribution in [3.63, 3.8) is 0 Å². The number of rotatable bonds is 4. The van der Waals surface area contributed by atoms with Crippen LogP contribution in [0, 0.1) is 19.7 Å². The molecule has 0 saturated carbocycles. The summed E-state index contributed by atoms with van der Waals surface area (Å²) >= 11 is 0. The van der Waals surface area contributed by atoms with E-state index >= 15 is 0 Å². The lowest BCUT2D eigenvalue weighted by Gasteiger charge is -2.16. The van der Waals surface area contributed by atoms with E-state index in [0.29, 0.717) is 0 Å². The summed E-state index contributed by atoms with van der Waals surface area (Å²) in [4.78, 5) is 0. The third-order valence-electron chi connectivity index (χ3n) is 3.35. The Morgan fingerprint density at radius 3 is 2.53 bits per heavy atom. The average Bonchev–Trinajstić information content (AvgIpc) is 2.34. The van der Waals surface area contributed by atoms with Gasteiger partial charge in [-0.25, -0.2) is 4.39 Å². The molecule has 0 saturated heterocycles. The lowest BCUT2D eigenvalue weighted by molar-refractivity contribution is 0.624. The smallest absolute Gasteiger partial charge is 0.123 e. The molecule has 2 rings (SSSR count). The third kappa shape index (κ3) is 3.82. The number of nitrogens with one attached hydrogen (secondary N) is 1. The van der Waals surface area contributed by atoms with E-state index in [-0.39, 0.29) is 11.9 Å². The number of aryl methyl sites for hydroxylation is 2. The van der Waals surface area contributed by atoms with Gasteiger partial charge in [-0.2, -0.15) is 0 Å². The first-order chi connectivity index (χ1) is 9.04. The van der Waals surface area contributed by atoms with Crippen molar-refractivity contribution in [3.05, 3.63) is 65.0 Å². The van der Waals surface area contributed by atoms with Crippen LogP contribution < -0.4 is 5.32 Å². The number of anilines is 1. The van der Waals surface area contributed by atoms with E-state index < -0.39 is 0 Å². The summed E-state index contributed by atoms with van der Waals surface area (Å²) in [6.45, 7) is 6.33. The highest BCUT2D eigenvalue weighted by Crippen LogP contribution is 2.16. The molecule has 0 aliphatic carbocycles. The lowest BCUT2D eigenvalue weighted by atomic mass is 10.1. The summed E-state index contributed by atoms with van der Waals surface area (Å²) in [6.07, 6.45) is 0.810. The number of benzene rings is 2. The molecule has 2 heteroatoms. The minimum absolute atomic E-state index is 0.170. The van der Waals surface area contributed by atoms with Crippen LogP contribution in [0.5, 0.6) is 0 Å². The van der Waals surface area contributed by atoms with Crippen molar-refractivity contribution in [1.29, 1.82) is 0 Å². The van der Waals surface area contributed by atoms with Crippen LogP contribution in [0.25, 0.3) is 0 Å². The van der Waals surface area contributed by atoms with Crippen molar-refractivity contribution >= 4 is 5.69 Å². The normalized spacial score (nSPS) is 12.2. The minimum Gasteiger partial charge on any atom is -0.382 e. The van der Waals surface area contributed by atoms with Gasteiger partial charge in [0.2, 0.25) is 0 Å². The molecule has 0 aliphatic rings. The van der Waals surface area contributed by atoms with E-state index in [4.69, 9.17) is 0 Å². The number of halogens is 1. The van der Waals surface area contributed by atoms with E-state index in [1.807, 2.05) is 6.07 Å². The third-order valence-corrected chi connectivity index (χ3v) is 3.35. The van der Waals surface area contributed by atoms with Gasteiger partial charge in [0.1, 0.15) is 5.82 Å². The zero-order valence-electron chi connectivity index (χ0n) is 11.7. The van der Waals surface area contributed by atoms with Crippen LogP contribution in [0.2, 0.25) is 0 Å². The Bertz CT molecular complexity index is 563. The molecule has 2 aromatic rings. The van der Waals surface area contributed by atoms with Gasteiger partial charge in [0.05, 0.1) is 0 Å². The van der Waals surface area contributed by atoms with Crippen molar-refractivity contribution < 1.29 is 4.39 Å². The van der Waals surface area contributed by atoms with E-state index in [1.165, 1.54) is 17.2 Å². The summed E-state index contributed by atoms with van der Waals surface area (Å²) < 4.78 is 13.1. The molecule has 1 atom stereocenters. The number of hydrogen-bond acceptors (Lipinski definition) is 1. The zero-order chi connectivity index (χ0) is 13.8. The van der Waals surface area contributed by atoms with Crippen LogP contribution in [-0.2, 0) is 6.42 Å². The van der Waals surface area contributed by atoms with Crippen LogP contribution in [-0.4, -0.2) is 6.04 Å². The molecule has 0 amide bonds. The molecule has 0 aliphatic heterocycles. The van der Waals surface area contributed by atoms with Crippen molar-refractivity contribution in [2.75, 3.05) is 5.32 Å². The standard InChI is InChI=1S/C17H20FN/c1-12-7-8-17(9-13(12)2)19-14(3)10-15-5-4-6-16(18)11-15/h4-9,11,14,19H,10H2,1-3H3. The molecule has 100 valence electrons. The van der Waals surface area contributed by atoms with Crippen molar-refractivity contribution in [2.45, 2.75) is 33.2 Å². The molecular formula is C17H20FN. The molecule has 0 spiro atoms. The average molecular weight is 257 g/mol. The van der Waals surface area contributed by atoms with Gasteiger partial charge in [-0.3, -0.25) is 0 Å². The Morgan fingerprint density at radius 2 is 1.84 bits per heavy atom. The first-order valence-electron chi connectivity index (χ1n) is 6.63. The quantitative estimate of drug-likeness (QED) is 0.851. The highest BCUT2D eigenvalue weighted by Gasteiger charge is 2.05. The maximum atomic E-state index is 13.1. The van der Waals surface area contributed by atoms with Gasteiger partial charge >= 0.3 is 0 Å². The molecule has 0 fully saturated rings. The lowest BCUT2D eigenvalue weighted by Crippen LogP contribution is -2.18. The van der Waals surface area contributed by atoms with Crippen molar-refractivity contribution in [3.8, 4) is 0 Å². The Balaban J connectivity index is 2.01. The van der Waals surface area contributed by atoms with E-state index in [2.05, 4.69) is 44.3 Å². The van der Waals surface area contributed by atoms with Gasteiger partial charge in [0.25, 0.3) is 0 Å². The second-order valence-electron chi connectivity index (χ2n) is 5.18. The molecule has 0 aromatic heterocycles. The fourth-order valence-corrected chi connectivity index (χ4v) is 2.18. The Labute approximate surface area is 114 Å².